The third-order valence-corrected chi connectivity index (χ3v) is 3.68. The number of nitrogens with two attached hydrogens (primary N) is 1. The summed E-state index contributed by atoms with van der Waals surface area (Å²) in [6, 6.07) is 1.08. The number of ether oxygens (including phenoxy) is 1. The third kappa shape index (κ3) is 4.01. The molecule has 0 spiro atoms. The molecule has 4 heteroatoms. The lowest BCUT2D eigenvalue weighted by atomic mass is 9.92. The fourth-order valence-electron chi connectivity index (χ4n) is 2.66. The number of morpholine rings is 1. The smallest absolute Gasteiger partial charge is 0.0594 e. The first-order valence-corrected chi connectivity index (χ1v) is 6.63. The molecule has 2 unspecified atom stereocenters. The monoisotopic (exact) mass is 227 g/mol. The maximum absolute atomic E-state index is 5.97. The fraction of sp³-hybridized carbons (Fsp3) is 1.00. The summed E-state index contributed by atoms with van der Waals surface area (Å²) in [4.78, 5) is 2.47. The summed E-state index contributed by atoms with van der Waals surface area (Å²) in [7, 11) is 0. The molecular formula is C12H25N3O. The minimum Gasteiger partial charge on any atom is -0.379 e. The summed E-state index contributed by atoms with van der Waals surface area (Å²) < 4.78 is 5.33. The van der Waals surface area contributed by atoms with Gasteiger partial charge in [0, 0.05) is 38.3 Å². The molecule has 2 fully saturated rings. The van der Waals surface area contributed by atoms with Gasteiger partial charge in [0.1, 0.15) is 0 Å². The molecule has 0 aromatic carbocycles. The molecule has 2 rings (SSSR count). The lowest BCUT2D eigenvalue weighted by Crippen LogP contribution is -2.44. The average Bonchev–Trinajstić information content (AvgIpc) is 2.30. The van der Waals surface area contributed by atoms with Crippen LogP contribution in [-0.4, -0.2) is 56.4 Å². The highest BCUT2D eigenvalue weighted by Crippen LogP contribution is 2.16. The maximum atomic E-state index is 5.97. The predicted molar refractivity (Wildman–Crippen MR) is 65.5 cm³/mol. The van der Waals surface area contributed by atoms with Crippen molar-refractivity contribution in [3.63, 3.8) is 0 Å². The second-order valence-corrected chi connectivity index (χ2v) is 5.03. The molecule has 0 radical (unpaired) electrons. The molecule has 1 heterocycles. The van der Waals surface area contributed by atoms with Crippen molar-refractivity contribution in [2.24, 2.45) is 5.73 Å². The van der Waals surface area contributed by atoms with Crippen LogP contribution in [0.25, 0.3) is 0 Å². The summed E-state index contributed by atoms with van der Waals surface area (Å²) >= 11 is 0. The largest absolute Gasteiger partial charge is 0.379 e. The van der Waals surface area contributed by atoms with Crippen LogP contribution < -0.4 is 11.1 Å². The molecule has 2 atom stereocenters. The van der Waals surface area contributed by atoms with Crippen LogP contribution in [0.15, 0.2) is 0 Å². The molecule has 94 valence electrons. The van der Waals surface area contributed by atoms with Crippen molar-refractivity contribution in [2.75, 3.05) is 39.4 Å². The summed E-state index contributed by atoms with van der Waals surface area (Å²) in [5, 5.41) is 3.64. The Morgan fingerprint density at radius 3 is 2.81 bits per heavy atom. The van der Waals surface area contributed by atoms with Crippen LogP contribution in [0.1, 0.15) is 25.7 Å². The SMILES string of the molecule is NC1CCCC(NCCN2CCOCC2)C1. The zero-order valence-corrected chi connectivity index (χ0v) is 10.2. The minimum absolute atomic E-state index is 0.426. The highest BCUT2D eigenvalue weighted by molar-refractivity contribution is 4.80. The quantitative estimate of drug-likeness (QED) is 0.719. The lowest BCUT2D eigenvalue weighted by Gasteiger charge is -2.30. The molecular weight excluding hydrogens is 202 g/mol. The van der Waals surface area contributed by atoms with Gasteiger partial charge in [0.2, 0.25) is 0 Å². The summed E-state index contributed by atoms with van der Waals surface area (Å²) in [6.45, 7) is 6.22. The van der Waals surface area contributed by atoms with Gasteiger partial charge in [0.05, 0.1) is 13.2 Å². The predicted octanol–water partition coefficient (Wildman–Crippen LogP) is 0.178. The van der Waals surface area contributed by atoms with Crippen LogP contribution in [0.4, 0.5) is 0 Å². The van der Waals surface area contributed by atoms with Gasteiger partial charge in [-0.3, -0.25) is 4.90 Å². The van der Waals surface area contributed by atoms with E-state index in [-0.39, 0.29) is 0 Å². The topological polar surface area (TPSA) is 50.5 Å². The van der Waals surface area contributed by atoms with Gasteiger partial charge < -0.3 is 15.8 Å². The molecule has 1 saturated heterocycles. The Morgan fingerprint density at radius 2 is 2.06 bits per heavy atom. The standard InChI is InChI=1S/C12H25N3O/c13-11-2-1-3-12(10-11)14-4-5-15-6-8-16-9-7-15/h11-12,14H,1-10,13H2. The van der Waals surface area contributed by atoms with Crippen molar-refractivity contribution in [1.82, 2.24) is 10.2 Å². The van der Waals surface area contributed by atoms with Crippen molar-refractivity contribution in [3.8, 4) is 0 Å². The first-order chi connectivity index (χ1) is 7.84. The number of rotatable bonds is 4. The Balaban J connectivity index is 1.56. The Morgan fingerprint density at radius 1 is 1.25 bits per heavy atom. The van der Waals surface area contributed by atoms with Gasteiger partial charge in [-0.05, 0) is 19.3 Å². The number of nitrogens with zero attached hydrogens (tertiary/aromatic N) is 1. The van der Waals surface area contributed by atoms with Crippen molar-refractivity contribution in [2.45, 2.75) is 37.8 Å². The molecule has 1 aliphatic heterocycles. The highest BCUT2D eigenvalue weighted by atomic mass is 16.5. The molecule has 1 aliphatic carbocycles. The van der Waals surface area contributed by atoms with E-state index < -0.39 is 0 Å². The normalized spacial score (nSPS) is 32.8. The Bertz CT molecular complexity index is 195. The Hall–Kier alpha value is -0.160. The average molecular weight is 227 g/mol. The van der Waals surface area contributed by atoms with Gasteiger partial charge in [-0.2, -0.15) is 0 Å². The van der Waals surface area contributed by atoms with Crippen LogP contribution in [0.3, 0.4) is 0 Å². The van der Waals surface area contributed by atoms with Crippen LogP contribution in [0.5, 0.6) is 0 Å². The first kappa shape index (κ1) is 12.3. The molecule has 0 aromatic heterocycles. The van der Waals surface area contributed by atoms with Crippen LogP contribution >= 0.6 is 0 Å². The van der Waals surface area contributed by atoms with E-state index in [2.05, 4.69) is 10.2 Å². The van der Waals surface area contributed by atoms with E-state index in [1.54, 1.807) is 0 Å². The molecule has 1 saturated carbocycles. The van der Waals surface area contributed by atoms with Crippen LogP contribution in [-0.2, 0) is 4.74 Å². The van der Waals surface area contributed by atoms with E-state index in [1.165, 1.54) is 19.3 Å². The summed E-state index contributed by atoms with van der Waals surface area (Å²) in [5.74, 6) is 0. The van der Waals surface area contributed by atoms with E-state index in [0.717, 1.165) is 45.8 Å². The lowest BCUT2D eigenvalue weighted by molar-refractivity contribution is 0.0379. The van der Waals surface area contributed by atoms with Gasteiger partial charge in [-0.25, -0.2) is 0 Å². The maximum Gasteiger partial charge on any atom is 0.0594 e. The molecule has 4 nitrogen and oxygen atoms in total. The van der Waals surface area contributed by atoms with E-state index in [9.17, 15) is 0 Å². The molecule has 2 aliphatic rings. The molecule has 3 N–H and O–H groups in total. The van der Waals surface area contributed by atoms with Crippen molar-refractivity contribution < 1.29 is 4.74 Å². The zero-order chi connectivity index (χ0) is 11.2. The molecule has 0 aromatic rings. The molecule has 0 amide bonds. The van der Waals surface area contributed by atoms with E-state index in [0.29, 0.717) is 12.1 Å². The van der Waals surface area contributed by atoms with Gasteiger partial charge in [0.25, 0.3) is 0 Å². The van der Waals surface area contributed by atoms with Crippen molar-refractivity contribution >= 4 is 0 Å². The van der Waals surface area contributed by atoms with Gasteiger partial charge in [-0.15, -0.1) is 0 Å². The third-order valence-electron chi connectivity index (χ3n) is 3.68. The van der Waals surface area contributed by atoms with E-state index in [4.69, 9.17) is 10.5 Å². The number of hydrogen-bond donors (Lipinski definition) is 2. The van der Waals surface area contributed by atoms with Crippen molar-refractivity contribution in [1.29, 1.82) is 0 Å². The molecule has 16 heavy (non-hydrogen) atoms. The summed E-state index contributed by atoms with van der Waals surface area (Å²) in [6.07, 6.45) is 4.96. The fourth-order valence-corrected chi connectivity index (χ4v) is 2.66. The molecule has 0 bridgehead atoms. The van der Waals surface area contributed by atoms with E-state index in [1.807, 2.05) is 0 Å². The Kier molecular flexibility index (Phi) is 5.03. The number of hydrogen-bond acceptors (Lipinski definition) is 4. The Labute approximate surface area is 98.5 Å². The second-order valence-electron chi connectivity index (χ2n) is 5.03. The van der Waals surface area contributed by atoms with Gasteiger partial charge >= 0.3 is 0 Å². The van der Waals surface area contributed by atoms with E-state index >= 15 is 0 Å². The minimum atomic E-state index is 0.426. The van der Waals surface area contributed by atoms with Crippen LogP contribution in [0.2, 0.25) is 0 Å². The number of nitrogens with one attached hydrogen (secondary N) is 1. The summed E-state index contributed by atoms with van der Waals surface area (Å²) in [5.41, 5.74) is 5.97. The highest BCUT2D eigenvalue weighted by Gasteiger charge is 2.18. The van der Waals surface area contributed by atoms with Crippen molar-refractivity contribution in [3.05, 3.63) is 0 Å². The van der Waals surface area contributed by atoms with Crippen LogP contribution in [0, 0.1) is 0 Å². The second kappa shape index (κ2) is 6.55. The zero-order valence-electron chi connectivity index (χ0n) is 10.2. The first-order valence-electron chi connectivity index (χ1n) is 6.63. The van der Waals surface area contributed by atoms with Gasteiger partial charge in [0.15, 0.2) is 0 Å². The van der Waals surface area contributed by atoms with Gasteiger partial charge in [-0.1, -0.05) is 6.42 Å².